The number of nitrogens with zero attached hydrogens (tertiary/aromatic N) is 4. The summed E-state index contributed by atoms with van der Waals surface area (Å²) in [4.78, 5) is 4.12. The lowest BCUT2D eigenvalue weighted by molar-refractivity contribution is 0.365. The molecule has 0 aromatic carbocycles. The molecule has 0 radical (unpaired) electrons. The predicted octanol–water partition coefficient (Wildman–Crippen LogP) is 0.804. The lowest BCUT2D eigenvalue weighted by Gasteiger charge is -2.23. The first-order valence-corrected chi connectivity index (χ1v) is 7.57. The molecule has 0 atom stereocenters. The van der Waals surface area contributed by atoms with Crippen LogP contribution in [0.5, 0.6) is 0 Å². The standard InChI is InChI=1S/C9H13N5O2S2/c1-9(2,3)14-7(6-4-17-5-11-6)12-13-8(14)18(10,15)16/h4-5H,1-3H3,(H2,10,15,16). The van der Waals surface area contributed by atoms with E-state index in [1.54, 1.807) is 10.9 Å². The maximum absolute atomic E-state index is 11.5. The van der Waals surface area contributed by atoms with Crippen molar-refractivity contribution < 1.29 is 8.42 Å². The van der Waals surface area contributed by atoms with Gasteiger partial charge in [-0.05, 0) is 20.8 Å². The molecule has 0 aliphatic heterocycles. The van der Waals surface area contributed by atoms with Gasteiger partial charge < -0.3 is 0 Å². The van der Waals surface area contributed by atoms with E-state index in [1.165, 1.54) is 15.9 Å². The van der Waals surface area contributed by atoms with Crippen LogP contribution in [-0.4, -0.2) is 28.2 Å². The van der Waals surface area contributed by atoms with Crippen molar-refractivity contribution in [3.05, 3.63) is 10.9 Å². The summed E-state index contributed by atoms with van der Waals surface area (Å²) in [6.45, 7) is 5.54. The van der Waals surface area contributed by atoms with Crippen LogP contribution >= 0.6 is 11.3 Å². The lowest BCUT2D eigenvalue weighted by Crippen LogP contribution is -2.29. The molecule has 0 saturated carbocycles. The van der Waals surface area contributed by atoms with E-state index < -0.39 is 15.6 Å². The van der Waals surface area contributed by atoms with Crippen LogP contribution in [0.4, 0.5) is 0 Å². The summed E-state index contributed by atoms with van der Waals surface area (Å²) >= 11 is 1.40. The number of thiazole rings is 1. The number of nitrogens with two attached hydrogens (primary N) is 1. The molecule has 2 aromatic rings. The van der Waals surface area contributed by atoms with E-state index in [2.05, 4.69) is 15.2 Å². The molecule has 9 heteroatoms. The third-order valence-corrected chi connectivity index (χ3v) is 3.58. The van der Waals surface area contributed by atoms with Crippen LogP contribution in [0.3, 0.4) is 0 Å². The zero-order valence-electron chi connectivity index (χ0n) is 10.2. The summed E-state index contributed by atoms with van der Waals surface area (Å²) in [6, 6.07) is 0. The van der Waals surface area contributed by atoms with Crippen molar-refractivity contribution in [1.29, 1.82) is 0 Å². The lowest BCUT2D eigenvalue weighted by atomic mass is 10.1. The summed E-state index contributed by atoms with van der Waals surface area (Å²) in [6.07, 6.45) is 0. The molecule has 2 N–H and O–H groups in total. The van der Waals surface area contributed by atoms with Crippen LogP contribution < -0.4 is 5.14 Å². The van der Waals surface area contributed by atoms with Crippen molar-refractivity contribution in [3.8, 4) is 11.5 Å². The van der Waals surface area contributed by atoms with Gasteiger partial charge in [0.1, 0.15) is 5.69 Å². The first-order valence-electron chi connectivity index (χ1n) is 5.08. The van der Waals surface area contributed by atoms with Gasteiger partial charge in [-0.25, -0.2) is 18.5 Å². The Labute approximate surface area is 109 Å². The number of sulfonamides is 1. The first kappa shape index (κ1) is 13.1. The summed E-state index contributed by atoms with van der Waals surface area (Å²) in [5.41, 5.74) is 1.70. The molecule has 18 heavy (non-hydrogen) atoms. The Hall–Kier alpha value is -1.32. The van der Waals surface area contributed by atoms with Gasteiger partial charge in [-0.15, -0.1) is 21.5 Å². The molecular formula is C9H13N5O2S2. The van der Waals surface area contributed by atoms with Crippen LogP contribution in [0.15, 0.2) is 16.0 Å². The van der Waals surface area contributed by atoms with Crippen LogP contribution in [-0.2, 0) is 15.6 Å². The Bertz CT molecular complexity index is 652. The van der Waals surface area contributed by atoms with Crippen LogP contribution in [0.25, 0.3) is 11.5 Å². The van der Waals surface area contributed by atoms with Gasteiger partial charge in [-0.1, -0.05) is 0 Å². The van der Waals surface area contributed by atoms with Crippen molar-refractivity contribution in [1.82, 2.24) is 19.7 Å². The second kappa shape index (κ2) is 4.11. The molecular weight excluding hydrogens is 274 g/mol. The Morgan fingerprint density at radius 3 is 2.44 bits per heavy atom. The molecule has 2 aromatic heterocycles. The molecule has 0 saturated heterocycles. The molecule has 7 nitrogen and oxygen atoms in total. The molecule has 0 unspecified atom stereocenters. The van der Waals surface area contributed by atoms with Gasteiger partial charge in [-0.2, -0.15) is 0 Å². The summed E-state index contributed by atoms with van der Waals surface area (Å²) < 4.78 is 24.5. The SMILES string of the molecule is CC(C)(C)n1c(-c2cscn2)nnc1S(N)(=O)=O. The fourth-order valence-electron chi connectivity index (χ4n) is 1.55. The number of hydrogen-bond donors (Lipinski definition) is 1. The fraction of sp³-hybridized carbons (Fsp3) is 0.444. The Morgan fingerprint density at radius 1 is 1.33 bits per heavy atom. The molecule has 0 bridgehead atoms. The van der Waals surface area contributed by atoms with Crippen molar-refractivity contribution in [2.24, 2.45) is 5.14 Å². The maximum atomic E-state index is 11.5. The van der Waals surface area contributed by atoms with Gasteiger partial charge >= 0.3 is 0 Å². The molecule has 0 aliphatic rings. The number of aromatic nitrogens is 4. The first-order chi connectivity index (χ1) is 8.21. The van der Waals surface area contributed by atoms with Gasteiger partial charge in [0.25, 0.3) is 15.2 Å². The van der Waals surface area contributed by atoms with E-state index in [0.717, 1.165) is 0 Å². The van der Waals surface area contributed by atoms with Crippen LogP contribution in [0.1, 0.15) is 20.8 Å². The van der Waals surface area contributed by atoms with Crippen molar-refractivity contribution in [2.75, 3.05) is 0 Å². The molecule has 98 valence electrons. The molecule has 0 spiro atoms. The highest BCUT2D eigenvalue weighted by atomic mass is 32.2. The largest absolute Gasteiger partial charge is 0.290 e. The summed E-state index contributed by atoms with van der Waals surface area (Å²) in [5.74, 6) is 0.396. The van der Waals surface area contributed by atoms with Gasteiger partial charge in [-0.3, -0.25) is 4.57 Å². The minimum atomic E-state index is -3.92. The normalized spacial score (nSPS) is 12.9. The van der Waals surface area contributed by atoms with Crippen molar-refractivity contribution >= 4 is 21.4 Å². The average molecular weight is 287 g/mol. The monoisotopic (exact) mass is 287 g/mol. The highest BCUT2D eigenvalue weighted by Gasteiger charge is 2.29. The minimum Gasteiger partial charge on any atom is -0.290 e. The maximum Gasteiger partial charge on any atom is 0.273 e. The Kier molecular flexibility index (Phi) is 2.99. The van der Waals surface area contributed by atoms with Gasteiger partial charge in [0.2, 0.25) is 0 Å². The highest BCUT2D eigenvalue weighted by Crippen LogP contribution is 2.27. The third-order valence-electron chi connectivity index (χ3n) is 2.22. The van der Waals surface area contributed by atoms with Crippen molar-refractivity contribution in [2.45, 2.75) is 31.5 Å². The zero-order valence-corrected chi connectivity index (χ0v) is 11.8. The van der Waals surface area contributed by atoms with E-state index in [-0.39, 0.29) is 5.16 Å². The van der Waals surface area contributed by atoms with E-state index in [1.807, 2.05) is 20.8 Å². The smallest absolute Gasteiger partial charge is 0.273 e. The quantitative estimate of drug-likeness (QED) is 0.880. The summed E-state index contributed by atoms with van der Waals surface area (Å²) in [5, 5.41) is 14.2. The van der Waals surface area contributed by atoms with E-state index >= 15 is 0 Å². The van der Waals surface area contributed by atoms with E-state index in [0.29, 0.717) is 11.5 Å². The van der Waals surface area contributed by atoms with Gasteiger partial charge in [0.15, 0.2) is 5.82 Å². The van der Waals surface area contributed by atoms with E-state index in [9.17, 15) is 8.42 Å². The molecule has 0 aliphatic carbocycles. The van der Waals surface area contributed by atoms with Gasteiger partial charge in [0.05, 0.1) is 5.51 Å². The number of hydrogen-bond acceptors (Lipinski definition) is 6. The van der Waals surface area contributed by atoms with Crippen LogP contribution in [0.2, 0.25) is 0 Å². The topological polar surface area (TPSA) is 104 Å². The average Bonchev–Trinajstić information content (AvgIpc) is 2.83. The fourth-order valence-corrected chi connectivity index (χ4v) is 2.85. The Morgan fingerprint density at radius 2 is 2.00 bits per heavy atom. The zero-order chi connectivity index (χ0) is 13.6. The third kappa shape index (κ3) is 2.28. The number of primary sulfonamides is 1. The molecule has 0 amide bonds. The second-order valence-electron chi connectivity index (χ2n) is 4.73. The predicted molar refractivity (Wildman–Crippen MR) is 67.5 cm³/mol. The van der Waals surface area contributed by atoms with E-state index in [4.69, 9.17) is 5.14 Å². The van der Waals surface area contributed by atoms with Gasteiger partial charge in [0, 0.05) is 10.9 Å². The number of rotatable bonds is 2. The van der Waals surface area contributed by atoms with Crippen LogP contribution in [0, 0.1) is 0 Å². The molecule has 2 rings (SSSR count). The van der Waals surface area contributed by atoms with Crippen molar-refractivity contribution in [3.63, 3.8) is 0 Å². The molecule has 2 heterocycles. The molecule has 0 fully saturated rings. The second-order valence-corrected chi connectivity index (χ2v) is 6.90. The minimum absolute atomic E-state index is 0.252. The highest BCUT2D eigenvalue weighted by molar-refractivity contribution is 7.89. The summed E-state index contributed by atoms with van der Waals surface area (Å²) in [7, 11) is -3.92. The Balaban J connectivity index is 2.75.